The number of carboxylic acids is 1. The summed E-state index contributed by atoms with van der Waals surface area (Å²) in [5, 5.41) is 8.72. The number of hydrogen-bond donors (Lipinski definition) is 1. The lowest BCUT2D eigenvalue weighted by molar-refractivity contribution is 0.0695. The van der Waals surface area contributed by atoms with Crippen LogP contribution >= 0.6 is 0 Å². The fourth-order valence-electron chi connectivity index (χ4n) is 2.13. The molecule has 21 heavy (non-hydrogen) atoms. The molecule has 110 valence electrons. The van der Waals surface area contributed by atoms with Crippen LogP contribution in [0.4, 0.5) is 8.78 Å². The number of ether oxygens (including phenoxy) is 1. The van der Waals surface area contributed by atoms with E-state index in [1.165, 1.54) is 0 Å². The molecule has 1 N–H and O–H groups in total. The molecular weight excluding hydrogens is 278 g/mol. The average molecular weight is 292 g/mol. The first kappa shape index (κ1) is 15.0. The summed E-state index contributed by atoms with van der Waals surface area (Å²) in [6.45, 7) is 3.83. The van der Waals surface area contributed by atoms with E-state index < -0.39 is 28.9 Å². The number of benzene rings is 2. The molecule has 0 aliphatic heterocycles. The van der Waals surface area contributed by atoms with Gasteiger partial charge in [-0.2, -0.15) is 0 Å². The summed E-state index contributed by atoms with van der Waals surface area (Å²) in [7, 11) is 0. The molecule has 3 nitrogen and oxygen atoms in total. The zero-order valence-corrected chi connectivity index (χ0v) is 11.6. The van der Waals surface area contributed by atoms with Crippen LogP contribution in [0.25, 0.3) is 0 Å². The molecule has 2 rings (SSSR count). The van der Waals surface area contributed by atoms with Crippen molar-refractivity contribution in [2.24, 2.45) is 0 Å². The Kier molecular flexibility index (Phi) is 4.21. The quantitative estimate of drug-likeness (QED) is 0.930. The Morgan fingerprint density at radius 2 is 1.57 bits per heavy atom. The van der Waals surface area contributed by atoms with Gasteiger partial charge in [-0.1, -0.05) is 29.3 Å². The summed E-state index contributed by atoms with van der Waals surface area (Å²) in [4.78, 5) is 10.7. The van der Waals surface area contributed by atoms with E-state index in [9.17, 15) is 13.6 Å². The van der Waals surface area contributed by atoms with E-state index >= 15 is 0 Å². The minimum Gasteiger partial charge on any atom is -0.483 e. The Balaban J connectivity index is 2.22. The normalized spacial score (nSPS) is 10.5. The monoisotopic (exact) mass is 292 g/mol. The van der Waals surface area contributed by atoms with Gasteiger partial charge in [-0.15, -0.1) is 0 Å². The van der Waals surface area contributed by atoms with Crippen LogP contribution in [0.5, 0.6) is 5.75 Å². The number of rotatable bonds is 4. The molecule has 0 fully saturated rings. The third kappa shape index (κ3) is 3.56. The molecule has 0 aliphatic carbocycles. The fourth-order valence-corrected chi connectivity index (χ4v) is 2.13. The Labute approximate surface area is 120 Å². The van der Waals surface area contributed by atoms with Crippen LogP contribution in [0.1, 0.15) is 27.0 Å². The van der Waals surface area contributed by atoms with Gasteiger partial charge in [0.25, 0.3) is 0 Å². The molecule has 0 aromatic heterocycles. The zero-order valence-electron chi connectivity index (χ0n) is 11.6. The topological polar surface area (TPSA) is 46.5 Å². The highest BCUT2D eigenvalue weighted by Crippen LogP contribution is 2.24. The van der Waals surface area contributed by atoms with Gasteiger partial charge >= 0.3 is 5.97 Å². The van der Waals surface area contributed by atoms with Gasteiger partial charge in [-0.05, 0) is 31.5 Å². The highest BCUT2D eigenvalue weighted by Gasteiger charge is 2.16. The predicted molar refractivity (Wildman–Crippen MR) is 73.6 cm³/mol. The second-order valence-electron chi connectivity index (χ2n) is 4.86. The Hall–Kier alpha value is -2.43. The molecule has 0 radical (unpaired) electrons. The number of carboxylic acid groups (broad SMARTS) is 1. The van der Waals surface area contributed by atoms with Crippen LogP contribution in [0.3, 0.4) is 0 Å². The van der Waals surface area contributed by atoms with Crippen LogP contribution in [0.15, 0.2) is 30.3 Å². The minimum absolute atomic E-state index is 0.00276. The Morgan fingerprint density at radius 1 is 1.05 bits per heavy atom. The van der Waals surface area contributed by atoms with E-state index in [2.05, 4.69) is 0 Å². The van der Waals surface area contributed by atoms with Crippen molar-refractivity contribution in [1.29, 1.82) is 0 Å². The maximum Gasteiger partial charge on any atom is 0.335 e. The van der Waals surface area contributed by atoms with E-state index in [1.807, 2.05) is 32.0 Å². The van der Waals surface area contributed by atoms with Crippen molar-refractivity contribution in [2.75, 3.05) is 0 Å². The van der Waals surface area contributed by atoms with E-state index in [0.717, 1.165) is 28.8 Å². The molecular formula is C16H14F2O3. The maximum atomic E-state index is 13.7. The fraction of sp³-hybridized carbons (Fsp3) is 0.188. The molecule has 2 aromatic carbocycles. The van der Waals surface area contributed by atoms with E-state index in [1.54, 1.807) is 0 Å². The lowest BCUT2D eigenvalue weighted by atomic mass is 10.1. The molecule has 0 atom stereocenters. The van der Waals surface area contributed by atoms with Crippen molar-refractivity contribution in [1.82, 2.24) is 0 Å². The number of aromatic carboxylic acids is 1. The van der Waals surface area contributed by atoms with Gasteiger partial charge in [0, 0.05) is 0 Å². The highest BCUT2D eigenvalue weighted by molar-refractivity contribution is 5.87. The summed E-state index contributed by atoms with van der Waals surface area (Å²) >= 11 is 0. The standard InChI is InChI=1S/C16H14F2O3/c1-9-3-10(2)5-11(4-9)8-21-15-13(17)6-12(16(19)20)7-14(15)18/h3-7H,8H2,1-2H3,(H,19,20). The van der Waals surface area contributed by atoms with Gasteiger partial charge in [0.2, 0.25) is 0 Å². The molecule has 0 saturated carbocycles. The summed E-state index contributed by atoms with van der Waals surface area (Å²) in [6.07, 6.45) is 0. The van der Waals surface area contributed by atoms with Gasteiger partial charge in [0.15, 0.2) is 17.4 Å². The first-order valence-corrected chi connectivity index (χ1v) is 6.29. The van der Waals surface area contributed by atoms with Gasteiger partial charge in [0.1, 0.15) is 6.61 Å². The summed E-state index contributed by atoms with van der Waals surface area (Å²) in [5.74, 6) is -4.03. The average Bonchev–Trinajstić information content (AvgIpc) is 2.36. The van der Waals surface area contributed by atoms with Crippen LogP contribution in [-0.2, 0) is 6.61 Å². The van der Waals surface area contributed by atoms with Crippen molar-refractivity contribution in [3.63, 3.8) is 0 Å². The van der Waals surface area contributed by atoms with Crippen molar-refractivity contribution in [3.8, 4) is 5.75 Å². The third-order valence-electron chi connectivity index (χ3n) is 2.91. The second kappa shape index (κ2) is 5.91. The molecule has 0 spiro atoms. The number of halogens is 2. The number of carbonyl (C=O) groups is 1. The Morgan fingerprint density at radius 3 is 2.05 bits per heavy atom. The van der Waals surface area contributed by atoms with Crippen molar-refractivity contribution in [2.45, 2.75) is 20.5 Å². The first-order valence-electron chi connectivity index (χ1n) is 6.29. The number of hydrogen-bond acceptors (Lipinski definition) is 2. The van der Waals surface area contributed by atoms with E-state index in [0.29, 0.717) is 0 Å². The number of aryl methyl sites for hydroxylation is 2. The third-order valence-corrected chi connectivity index (χ3v) is 2.91. The molecule has 0 unspecified atom stereocenters. The Bertz CT molecular complexity index is 653. The van der Waals surface area contributed by atoms with E-state index in [-0.39, 0.29) is 6.61 Å². The molecule has 5 heteroatoms. The molecule has 0 saturated heterocycles. The molecule has 2 aromatic rings. The van der Waals surface area contributed by atoms with E-state index in [4.69, 9.17) is 9.84 Å². The van der Waals surface area contributed by atoms with Gasteiger partial charge in [-0.3, -0.25) is 0 Å². The van der Waals surface area contributed by atoms with Crippen LogP contribution in [0.2, 0.25) is 0 Å². The predicted octanol–water partition coefficient (Wildman–Crippen LogP) is 3.86. The largest absolute Gasteiger partial charge is 0.483 e. The minimum atomic E-state index is -1.39. The van der Waals surface area contributed by atoms with Crippen molar-refractivity contribution in [3.05, 3.63) is 64.2 Å². The molecule has 0 amide bonds. The maximum absolute atomic E-state index is 13.7. The smallest absolute Gasteiger partial charge is 0.335 e. The molecule has 0 heterocycles. The van der Waals surface area contributed by atoms with Gasteiger partial charge in [-0.25, -0.2) is 13.6 Å². The molecule has 0 bridgehead atoms. The van der Waals surface area contributed by atoms with Crippen LogP contribution in [-0.4, -0.2) is 11.1 Å². The van der Waals surface area contributed by atoms with Crippen molar-refractivity contribution >= 4 is 5.97 Å². The highest BCUT2D eigenvalue weighted by atomic mass is 19.1. The van der Waals surface area contributed by atoms with Crippen LogP contribution in [0, 0.1) is 25.5 Å². The summed E-state index contributed by atoms with van der Waals surface area (Å²) < 4.78 is 32.6. The van der Waals surface area contributed by atoms with Crippen molar-refractivity contribution < 1.29 is 23.4 Å². The molecule has 0 aliphatic rings. The van der Waals surface area contributed by atoms with Crippen LogP contribution < -0.4 is 4.74 Å². The zero-order chi connectivity index (χ0) is 15.6. The summed E-state index contributed by atoms with van der Waals surface area (Å²) in [5.41, 5.74) is 2.38. The summed E-state index contributed by atoms with van der Waals surface area (Å²) in [6, 6.07) is 7.17. The lowest BCUT2D eigenvalue weighted by Gasteiger charge is -2.10. The lowest BCUT2D eigenvalue weighted by Crippen LogP contribution is -2.04. The SMILES string of the molecule is Cc1cc(C)cc(COc2c(F)cc(C(=O)O)cc2F)c1. The van der Waals surface area contributed by atoms with Gasteiger partial charge in [0.05, 0.1) is 5.56 Å². The van der Waals surface area contributed by atoms with Gasteiger partial charge < -0.3 is 9.84 Å². The second-order valence-corrected chi connectivity index (χ2v) is 4.86. The first-order chi connectivity index (χ1) is 9.86.